The van der Waals surface area contributed by atoms with Crippen molar-refractivity contribution in [1.29, 1.82) is 0 Å². The van der Waals surface area contributed by atoms with Gasteiger partial charge in [0, 0.05) is 29.7 Å². The molecule has 0 unspecified atom stereocenters. The number of rotatable bonds is 9. The SMILES string of the molecule is C[C@@H](CCc1ccccc1)NC(=O)CSc1nnc(-c2cccnc2)n1-c1ccccc1. The summed E-state index contributed by atoms with van der Waals surface area (Å²) in [6, 6.07) is 24.1. The molecule has 0 radical (unpaired) electrons. The lowest BCUT2D eigenvalue weighted by Crippen LogP contribution is -2.34. The highest BCUT2D eigenvalue weighted by Gasteiger charge is 2.17. The van der Waals surface area contributed by atoms with Gasteiger partial charge in [-0.3, -0.25) is 14.3 Å². The van der Waals surface area contributed by atoms with Crippen molar-refractivity contribution in [3.8, 4) is 17.1 Å². The van der Waals surface area contributed by atoms with E-state index in [1.807, 2.05) is 72.2 Å². The molecule has 32 heavy (non-hydrogen) atoms. The first-order chi connectivity index (χ1) is 15.7. The van der Waals surface area contributed by atoms with Crippen LogP contribution in [0.15, 0.2) is 90.3 Å². The number of carbonyl (C=O) groups is 1. The topological polar surface area (TPSA) is 72.7 Å². The van der Waals surface area contributed by atoms with Crippen LogP contribution in [0.5, 0.6) is 0 Å². The molecule has 0 aliphatic heterocycles. The van der Waals surface area contributed by atoms with Crippen LogP contribution < -0.4 is 5.32 Å². The van der Waals surface area contributed by atoms with E-state index in [9.17, 15) is 4.79 Å². The van der Waals surface area contributed by atoms with Crippen LogP contribution in [0.4, 0.5) is 0 Å². The number of amides is 1. The third-order valence-electron chi connectivity index (χ3n) is 5.02. The van der Waals surface area contributed by atoms with Crippen LogP contribution in [0.25, 0.3) is 17.1 Å². The predicted octanol–water partition coefficient (Wildman–Crippen LogP) is 4.56. The Morgan fingerprint density at radius 1 is 1.00 bits per heavy atom. The average molecular weight is 444 g/mol. The van der Waals surface area contributed by atoms with Gasteiger partial charge in [-0.05, 0) is 49.6 Å². The van der Waals surface area contributed by atoms with Gasteiger partial charge < -0.3 is 5.32 Å². The highest BCUT2D eigenvalue weighted by Crippen LogP contribution is 2.27. The van der Waals surface area contributed by atoms with Crippen LogP contribution in [0.1, 0.15) is 18.9 Å². The number of hydrogen-bond donors (Lipinski definition) is 1. The molecule has 2 heterocycles. The van der Waals surface area contributed by atoms with E-state index in [-0.39, 0.29) is 17.7 Å². The molecule has 0 saturated carbocycles. The summed E-state index contributed by atoms with van der Waals surface area (Å²) in [4.78, 5) is 16.8. The third-order valence-corrected chi connectivity index (χ3v) is 5.95. The minimum atomic E-state index is -0.0129. The van der Waals surface area contributed by atoms with Crippen molar-refractivity contribution in [3.63, 3.8) is 0 Å². The molecule has 0 saturated heterocycles. The summed E-state index contributed by atoms with van der Waals surface area (Å²) in [6.07, 6.45) is 5.32. The van der Waals surface area contributed by atoms with E-state index in [0.29, 0.717) is 11.0 Å². The molecule has 4 rings (SSSR count). The minimum absolute atomic E-state index is 0.0129. The highest BCUT2D eigenvalue weighted by atomic mass is 32.2. The molecule has 0 fully saturated rings. The molecular formula is C25H25N5OS. The number of aryl methyl sites for hydroxylation is 1. The van der Waals surface area contributed by atoms with Crippen LogP contribution in [0, 0.1) is 0 Å². The van der Waals surface area contributed by atoms with E-state index in [1.54, 1.807) is 12.4 Å². The number of nitrogens with one attached hydrogen (secondary N) is 1. The summed E-state index contributed by atoms with van der Waals surface area (Å²) in [7, 11) is 0. The van der Waals surface area contributed by atoms with Gasteiger partial charge in [0.2, 0.25) is 5.91 Å². The molecule has 1 atom stereocenters. The van der Waals surface area contributed by atoms with Gasteiger partial charge in [-0.2, -0.15) is 0 Å². The lowest BCUT2D eigenvalue weighted by molar-refractivity contribution is -0.119. The number of para-hydroxylation sites is 1. The summed E-state index contributed by atoms with van der Waals surface area (Å²) in [5.74, 6) is 0.956. The molecule has 0 aliphatic rings. The van der Waals surface area contributed by atoms with E-state index in [1.165, 1.54) is 17.3 Å². The van der Waals surface area contributed by atoms with E-state index in [0.717, 1.165) is 24.1 Å². The fraction of sp³-hybridized carbons (Fsp3) is 0.200. The first-order valence-corrected chi connectivity index (χ1v) is 11.6. The van der Waals surface area contributed by atoms with Crippen molar-refractivity contribution >= 4 is 17.7 Å². The summed E-state index contributed by atoms with van der Waals surface area (Å²) in [5.41, 5.74) is 3.09. The molecule has 162 valence electrons. The first-order valence-electron chi connectivity index (χ1n) is 10.6. The van der Waals surface area contributed by atoms with E-state index in [4.69, 9.17) is 0 Å². The Balaban J connectivity index is 1.42. The maximum atomic E-state index is 12.6. The Hall–Kier alpha value is -3.45. The average Bonchev–Trinajstić information content (AvgIpc) is 3.27. The van der Waals surface area contributed by atoms with Gasteiger partial charge in [0.15, 0.2) is 11.0 Å². The monoisotopic (exact) mass is 443 g/mol. The highest BCUT2D eigenvalue weighted by molar-refractivity contribution is 7.99. The lowest BCUT2D eigenvalue weighted by atomic mass is 10.1. The number of hydrogen-bond acceptors (Lipinski definition) is 5. The van der Waals surface area contributed by atoms with E-state index < -0.39 is 0 Å². The zero-order chi connectivity index (χ0) is 22.2. The Kier molecular flexibility index (Phi) is 7.30. The molecule has 0 spiro atoms. The number of aromatic nitrogens is 4. The first kappa shape index (κ1) is 21.8. The van der Waals surface area contributed by atoms with Crippen molar-refractivity contribution in [2.24, 2.45) is 0 Å². The quantitative estimate of drug-likeness (QED) is 0.384. The van der Waals surface area contributed by atoms with E-state index >= 15 is 0 Å². The maximum absolute atomic E-state index is 12.6. The summed E-state index contributed by atoms with van der Waals surface area (Å²) in [6.45, 7) is 2.04. The molecule has 2 aromatic heterocycles. The second-order valence-electron chi connectivity index (χ2n) is 7.50. The number of thioether (sulfide) groups is 1. The smallest absolute Gasteiger partial charge is 0.230 e. The molecule has 4 aromatic rings. The maximum Gasteiger partial charge on any atom is 0.230 e. The van der Waals surface area contributed by atoms with Gasteiger partial charge in [-0.25, -0.2) is 0 Å². The van der Waals surface area contributed by atoms with Gasteiger partial charge in [0.05, 0.1) is 5.75 Å². The van der Waals surface area contributed by atoms with Gasteiger partial charge >= 0.3 is 0 Å². The van der Waals surface area contributed by atoms with E-state index in [2.05, 4.69) is 32.6 Å². The molecule has 1 N–H and O–H groups in total. The Bertz CT molecular complexity index is 1130. The van der Waals surface area contributed by atoms with Crippen molar-refractivity contribution < 1.29 is 4.79 Å². The minimum Gasteiger partial charge on any atom is -0.353 e. The van der Waals surface area contributed by atoms with Crippen LogP contribution in [0.3, 0.4) is 0 Å². The molecular weight excluding hydrogens is 418 g/mol. The Morgan fingerprint density at radius 3 is 2.47 bits per heavy atom. The predicted molar refractivity (Wildman–Crippen MR) is 128 cm³/mol. The fourth-order valence-corrected chi connectivity index (χ4v) is 4.16. The fourth-order valence-electron chi connectivity index (χ4n) is 3.40. The van der Waals surface area contributed by atoms with Crippen LogP contribution in [-0.2, 0) is 11.2 Å². The molecule has 6 nitrogen and oxygen atoms in total. The zero-order valence-electron chi connectivity index (χ0n) is 17.9. The van der Waals surface area contributed by atoms with Crippen LogP contribution >= 0.6 is 11.8 Å². The molecule has 0 bridgehead atoms. The standard InChI is InChI=1S/C25H25N5OS/c1-19(14-15-20-9-4-2-5-10-20)27-23(31)18-32-25-29-28-24(21-11-8-16-26-17-21)30(25)22-12-6-3-7-13-22/h2-13,16-17,19H,14-15,18H2,1H3,(H,27,31)/t19-/m0/s1. The molecule has 2 aromatic carbocycles. The van der Waals surface area contributed by atoms with Crippen molar-refractivity contribution in [1.82, 2.24) is 25.1 Å². The number of nitrogens with zero attached hydrogens (tertiary/aromatic N) is 4. The van der Waals surface area contributed by atoms with Gasteiger partial charge in [-0.1, -0.05) is 60.3 Å². The molecule has 7 heteroatoms. The Morgan fingerprint density at radius 2 is 1.75 bits per heavy atom. The normalized spacial score (nSPS) is 11.8. The molecule has 0 aliphatic carbocycles. The largest absolute Gasteiger partial charge is 0.353 e. The lowest BCUT2D eigenvalue weighted by Gasteiger charge is -2.14. The van der Waals surface area contributed by atoms with Crippen molar-refractivity contribution in [2.75, 3.05) is 5.75 Å². The summed E-state index contributed by atoms with van der Waals surface area (Å²) >= 11 is 1.38. The van der Waals surface area contributed by atoms with Crippen LogP contribution in [-0.4, -0.2) is 37.5 Å². The number of pyridine rings is 1. The number of benzene rings is 2. The summed E-state index contributed by atoms with van der Waals surface area (Å²) in [5, 5.41) is 12.5. The summed E-state index contributed by atoms with van der Waals surface area (Å²) < 4.78 is 1.97. The van der Waals surface area contributed by atoms with Crippen molar-refractivity contribution in [2.45, 2.75) is 31.0 Å². The Labute approximate surface area is 192 Å². The second-order valence-corrected chi connectivity index (χ2v) is 8.44. The number of carbonyl (C=O) groups excluding carboxylic acids is 1. The third kappa shape index (κ3) is 5.62. The van der Waals surface area contributed by atoms with Crippen molar-refractivity contribution in [3.05, 3.63) is 90.8 Å². The van der Waals surface area contributed by atoms with Gasteiger partial charge in [0.25, 0.3) is 0 Å². The molecule has 1 amide bonds. The second kappa shape index (κ2) is 10.7. The van der Waals surface area contributed by atoms with Gasteiger partial charge in [0.1, 0.15) is 0 Å². The van der Waals surface area contributed by atoms with Gasteiger partial charge in [-0.15, -0.1) is 10.2 Å². The zero-order valence-corrected chi connectivity index (χ0v) is 18.7. The van der Waals surface area contributed by atoms with Crippen LogP contribution in [0.2, 0.25) is 0 Å².